The Labute approximate surface area is 226 Å². The normalized spacial score (nSPS) is 17.2. The maximum atomic E-state index is 11.9. The molecule has 0 aromatic carbocycles. The molecule has 1 saturated heterocycles. The Morgan fingerprint density at radius 2 is 1.51 bits per heavy atom. The number of amides is 1. The van der Waals surface area contributed by atoms with Crippen molar-refractivity contribution in [1.82, 2.24) is 10.3 Å². The van der Waals surface area contributed by atoms with Crippen LogP contribution < -0.4 is 5.32 Å². The van der Waals surface area contributed by atoms with Gasteiger partial charge in [0.25, 0.3) is 0 Å². The fourth-order valence-electron chi connectivity index (χ4n) is 4.89. The van der Waals surface area contributed by atoms with Gasteiger partial charge in [-0.1, -0.05) is 109 Å². The van der Waals surface area contributed by atoms with Crippen molar-refractivity contribution in [2.75, 3.05) is 26.4 Å². The monoisotopic (exact) mass is 518 g/mol. The summed E-state index contributed by atoms with van der Waals surface area (Å²) < 4.78 is 17.0. The summed E-state index contributed by atoms with van der Waals surface area (Å²) in [5, 5.41) is 2.73. The summed E-state index contributed by atoms with van der Waals surface area (Å²) >= 11 is 0. The van der Waals surface area contributed by atoms with Crippen molar-refractivity contribution in [3.05, 3.63) is 30.1 Å². The van der Waals surface area contributed by atoms with Crippen LogP contribution in [0, 0.1) is 5.92 Å². The van der Waals surface area contributed by atoms with Crippen LogP contribution >= 0.6 is 0 Å². The molecule has 1 fully saturated rings. The lowest BCUT2D eigenvalue weighted by molar-refractivity contribution is 0.0148. The van der Waals surface area contributed by atoms with Crippen molar-refractivity contribution in [2.45, 2.75) is 129 Å². The van der Waals surface area contributed by atoms with Crippen LogP contribution in [0.25, 0.3) is 0 Å². The number of unbranched alkanes of at least 4 members (excludes halogenated alkanes) is 15. The van der Waals surface area contributed by atoms with E-state index in [2.05, 4.69) is 17.2 Å². The molecule has 6 nitrogen and oxygen atoms in total. The third-order valence-corrected chi connectivity index (χ3v) is 7.20. The van der Waals surface area contributed by atoms with Crippen molar-refractivity contribution in [3.8, 4) is 0 Å². The molecule has 0 radical (unpaired) electrons. The summed E-state index contributed by atoms with van der Waals surface area (Å²) in [6.45, 7) is 5.12. The highest BCUT2D eigenvalue weighted by atomic mass is 16.6. The predicted molar refractivity (Wildman–Crippen MR) is 151 cm³/mol. The molecule has 0 spiro atoms. The minimum Gasteiger partial charge on any atom is -0.449 e. The first kappa shape index (κ1) is 31.6. The number of nitrogens with one attached hydrogen (secondary N) is 1. The van der Waals surface area contributed by atoms with Gasteiger partial charge in [-0.2, -0.15) is 0 Å². The maximum Gasteiger partial charge on any atom is 0.407 e. The Morgan fingerprint density at radius 3 is 2.11 bits per heavy atom. The molecule has 212 valence electrons. The van der Waals surface area contributed by atoms with Crippen LogP contribution in [0.4, 0.5) is 4.79 Å². The number of rotatable bonds is 23. The van der Waals surface area contributed by atoms with Crippen LogP contribution in [0.1, 0.15) is 122 Å². The molecule has 1 aliphatic rings. The van der Waals surface area contributed by atoms with Crippen LogP contribution in [0.2, 0.25) is 0 Å². The number of nitrogens with zero attached hydrogens (tertiary/aromatic N) is 1. The minimum absolute atomic E-state index is 0.117. The number of pyridine rings is 1. The molecule has 0 unspecified atom stereocenters. The highest BCUT2D eigenvalue weighted by Crippen LogP contribution is 2.20. The zero-order valence-corrected chi connectivity index (χ0v) is 23.6. The molecule has 1 aliphatic heterocycles. The smallest absolute Gasteiger partial charge is 0.407 e. The van der Waals surface area contributed by atoms with Gasteiger partial charge >= 0.3 is 6.09 Å². The number of alkyl carbamates (subject to hydrolysis) is 1. The standard InChI is InChI=1S/C31H54N2O4/c1-2-3-4-5-6-7-8-9-10-11-12-13-14-15-16-19-22-35-27-30-23-28(25-36-30)26-37-31(34)33-24-29-20-17-18-21-32-29/h17-18,20-21,28,30H,2-16,19,22-27H2,1H3,(H,33,34)/t28-,30+/m1/s1. The zero-order chi connectivity index (χ0) is 26.2. The number of ether oxygens (including phenoxy) is 3. The van der Waals surface area contributed by atoms with E-state index < -0.39 is 6.09 Å². The number of hydrogen-bond donors (Lipinski definition) is 1. The van der Waals surface area contributed by atoms with E-state index in [0.29, 0.717) is 26.4 Å². The van der Waals surface area contributed by atoms with Gasteiger partial charge in [-0.3, -0.25) is 4.98 Å². The first-order valence-electron chi connectivity index (χ1n) is 15.3. The minimum atomic E-state index is -0.408. The second-order valence-electron chi connectivity index (χ2n) is 10.7. The van der Waals surface area contributed by atoms with Crippen LogP contribution in [0.5, 0.6) is 0 Å². The van der Waals surface area contributed by atoms with Gasteiger partial charge in [0, 0.05) is 18.7 Å². The molecular weight excluding hydrogens is 464 g/mol. The molecule has 2 rings (SSSR count). The Morgan fingerprint density at radius 1 is 0.892 bits per heavy atom. The van der Waals surface area contributed by atoms with Gasteiger partial charge < -0.3 is 19.5 Å². The van der Waals surface area contributed by atoms with E-state index in [4.69, 9.17) is 14.2 Å². The van der Waals surface area contributed by atoms with Gasteiger partial charge in [0.15, 0.2) is 0 Å². The van der Waals surface area contributed by atoms with E-state index in [-0.39, 0.29) is 12.0 Å². The van der Waals surface area contributed by atoms with Gasteiger partial charge in [-0.05, 0) is 25.0 Å². The lowest BCUT2D eigenvalue weighted by Gasteiger charge is -2.11. The quantitative estimate of drug-likeness (QED) is 0.149. The molecule has 0 bridgehead atoms. The SMILES string of the molecule is CCCCCCCCCCCCCCCCCCOC[C@@H]1C[C@@H](COC(=O)NCc2ccccn2)CO1. The van der Waals surface area contributed by atoms with Crippen molar-refractivity contribution < 1.29 is 19.0 Å². The third-order valence-electron chi connectivity index (χ3n) is 7.20. The average molecular weight is 519 g/mol. The maximum absolute atomic E-state index is 11.9. The van der Waals surface area contributed by atoms with Crippen molar-refractivity contribution in [3.63, 3.8) is 0 Å². The Hall–Kier alpha value is -1.66. The van der Waals surface area contributed by atoms with Crippen LogP contribution in [-0.4, -0.2) is 43.6 Å². The Balaban J connectivity index is 1.29. The second kappa shape index (κ2) is 22.3. The largest absolute Gasteiger partial charge is 0.449 e. The van der Waals surface area contributed by atoms with Crippen LogP contribution in [0.3, 0.4) is 0 Å². The number of carbonyl (C=O) groups excluding carboxylic acids is 1. The fraction of sp³-hybridized carbons (Fsp3) is 0.806. The number of aromatic nitrogens is 1. The summed E-state index contributed by atoms with van der Waals surface area (Å²) in [6, 6.07) is 5.62. The lowest BCUT2D eigenvalue weighted by Crippen LogP contribution is -2.26. The molecule has 0 aliphatic carbocycles. The van der Waals surface area contributed by atoms with Crippen molar-refractivity contribution in [1.29, 1.82) is 0 Å². The summed E-state index contributed by atoms with van der Waals surface area (Å²) in [6.07, 6.45) is 24.4. The summed E-state index contributed by atoms with van der Waals surface area (Å²) in [5.41, 5.74) is 0.810. The van der Waals surface area contributed by atoms with E-state index >= 15 is 0 Å². The Kier molecular flexibility index (Phi) is 19.0. The van der Waals surface area contributed by atoms with Gasteiger partial charge in [-0.25, -0.2) is 4.79 Å². The van der Waals surface area contributed by atoms with E-state index in [1.54, 1.807) is 6.20 Å². The summed E-state index contributed by atoms with van der Waals surface area (Å²) in [4.78, 5) is 16.1. The topological polar surface area (TPSA) is 69.7 Å². The number of hydrogen-bond acceptors (Lipinski definition) is 5. The predicted octanol–water partition coefficient (Wildman–Crippen LogP) is 7.99. The molecule has 1 aromatic heterocycles. The first-order chi connectivity index (χ1) is 18.3. The lowest BCUT2D eigenvalue weighted by atomic mass is 10.0. The van der Waals surface area contributed by atoms with Crippen molar-refractivity contribution in [2.24, 2.45) is 5.92 Å². The molecule has 37 heavy (non-hydrogen) atoms. The average Bonchev–Trinajstić information content (AvgIpc) is 3.38. The van der Waals surface area contributed by atoms with Crippen molar-refractivity contribution >= 4 is 6.09 Å². The highest BCUT2D eigenvalue weighted by Gasteiger charge is 2.26. The molecular formula is C31H54N2O4. The van der Waals surface area contributed by atoms with E-state index in [0.717, 1.165) is 25.1 Å². The summed E-state index contributed by atoms with van der Waals surface area (Å²) in [5.74, 6) is 0.241. The molecule has 0 saturated carbocycles. The highest BCUT2D eigenvalue weighted by molar-refractivity contribution is 5.67. The van der Waals surface area contributed by atoms with E-state index in [9.17, 15) is 4.79 Å². The van der Waals surface area contributed by atoms with Gasteiger partial charge in [-0.15, -0.1) is 0 Å². The number of carbonyl (C=O) groups is 1. The van der Waals surface area contributed by atoms with Gasteiger partial charge in [0.05, 0.1) is 38.2 Å². The third kappa shape index (κ3) is 17.5. The molecule has 6 heteroatoms. The molecule has 1 aromatic rings. The fourth-order valence-corrected chi connectivity index (χ4v) is 4.89. The summed E-state index contributed by atoms with van der Waals surface area (Å²) in [7, 11) is 0. The molecule has 1 amide bonds. The van der Waals surface area contributed by atoms with Crippen LogP contribution in [-0.2, 0) is 20.8 Å². The molecule has 2 heterocycles. The van der Waals surface area contributed by atoms with E-state index in [1.807, 2.05) is 18.2 Å². The second-order valence-corrected chi connectivity index (χ2v) is 10.7. The van der Waals surface area contributed by atoms with E-state index in [1.165, 1.54) is 96.3 Å². The molecule has 2 atom stereocenters. The van der Waals surface area contributed by atoms with Gasteiger partial charge in [0.2, 0.25) is 0 Å². The zero-order valence-electron chi connectivity index (χ0n) is 23.6. The molecule has 1 N–H and O–H groups in total. The first-order valence-corrected chi connectivity index (χ1v) is 15.3. The Bertz CT molecular complexity index is 658. The van der Waals surface area contributed by atoms with Gasteiger partial charge in [0.1, 0.15) is 0 Å². The van der Waals surface area contributed by atoms with Crippen LogP contribution in [0.15, 0.2) is 24.4 Å².